The smallest absolute Gasteiger partial charge is 0.378 e. The minimum atomic E-state index is -4.07. The molecule has 4 atom stereocenters. The molecule has 6 heteroatoms. The van der Waals surface area contributed by atoms with E-state index in [1.807, 2.05) is 0 Å². The molecule has 2 aliphatic carbocycles. The third-order valence-corrected chi connectivity index (χ3v) is 5.37. The Morgan fingerprint density at radius 1 is 1.09 bits per heavy atom. The lowest BCUT2D eigenvalue weighted by atomic mass is 9.65. The van der Waals surface area contributed by atoms with E-state index in [9.17, 15) is 18.4 Å². The molecule has 132 valence electrons. The molecule has 0 spiro atoms. The number of carboxylic acid groups (broad SMARTS) is 1. The van der Waals surface area contributed by atoms with Gasteiger partial charge >= 0.3 is 17.9 Å². The molecule has 2 saturated carbocycles. The van der Waals surface area contributed by atoms with Crippen LogP contribution in [0.15, 0.2) is 0 Å². The van der Waals surface area contributed by atoms with Crippen molar-refractivity contribution in [1.29, 1.82) is 0 Å². The van der Waals surface area contributed by atoms with Crippen molar-refractivity contribution in [1.82, 2.24) is 0 Å². The van der Waals surface area contributed by atoms with Crippen molar-refractivity contribution in [2.24, 2.45) is 23.7 Å². The number of carboxylic acids is 1. The van der Waals surface area contributed by atoms with Crippen molar-refractivity contribution >= 4 is 11.9 Å². The number of rotatable bonds is 5. The zero-order chi connectivity index (χ0) is 17.2. The van der Waals surface area contributed by atoms with Gasteiger partial charge < -0.3 is 9.84 Å². The van der Waals surface area contributed by atoms with Gasteiger partial charge in [-0.25, -0.2) is 4.79 Å². The number of carbonyl (C=O) groups is 2. The number of esters is 1. The Morgan fingerprint density at radius 2 is 1.70 bits per heavy atom. The number of halogens is 2. The van der Waals surface area contributed by atoms with Gasteiger partial charge in [0.25, 0.3) is 0 Å². The van der Waals surface area contributed by atoms with Gasteiger partial charge in [0.2, 0.25) is 0 Å². The maximum Gasteiger partial charge on any atom is 0.378 e. The van der Waals surface area contributed by atoms with Crippen molar-refractivity contribution in [3.63, 3.8) is 0 Å². The van der Waals surface area contributed by atoms with Crippen molar-refractivity contribution in [2.45, 2.75) is 70.8 Å². The predicted molar refractivity (Wildman–Crippen MR) is 80.1 cm³/mol. The van der Waals surface area contributed by atoms with Crippen LogP contribution in [-0.2, 0) is 14.3 Å². The number of fused-ring (bicyclic) bond motifs is 1. The molecule has 0 radical (unpaired) electrons. The van der Waals surface area contributed by atoms with E-state index in [0.717, 1.165) is 38.5 Å². The van der Waals surface area contributed by atoms with Crippen molar-refractivity contribution in [3.05, 3.63) is 0 Å². The molecule has 0 aromatic rings. The minimum absolute atomic E-state index is 0.205. The van der Waals surface area contributed by atoms with E-state index >= 15 is 0 Å². The third kappa shape index (κ3) is 3.83. The van der Waals surface area contributed by atoms with Gasteiger partial charge in [-0.3, -0.25) is 4.79 Å². The fraction of sp³-hybridized carbons (Fsp3) is 0.882. The van der Waals surface area contributed by atoms with E-state index in [1.54, 1.807) is 0 Å². The van der Waals surface area contributed by atoms with Crippen LogP contribution in [0.1, 0.15) is 58.8 Å². The second kappa shape index (κ2) is 7.14. The van der Waals surface area contributed by atoms with Gasteiger partial charge in [0.1, 0.15) is 0 Å². The Hall–Kier alpha value is -1.20. The molecular formula is C17H26F2O4. The van der Waals surface area contributed by atoms with Crippen molar-refractivity contribution in [2.75, 3.05) is 0 Å². The van der Waals surface area contributed by atoms with Crippen LogP contribution < -0.4 is 0 Å². The third-order valence-electron chi connectivity index (χ3n) is 5.37. The van der Waals surface area contributed by atoms with Gasteiger partial charge in [-0.05, 0) is 30.6 Å². The lowest BCUT2D eigenvalue weighted by Crippen LogP contribution is -2.49. The number of aliphatic carboxylic acids is 1. The maximum atomic E-state index is 13.8. The van der Waals surface area contributed by atoms with Crippen LogP contribution in [0, 0.1) is 23.7 Å². The van der Waals surface area contributed by atoms with Crippen LogP contribution in [0.5, 0.6) is 0 Å². The Labute approximate surface area is 135 Å². The molecule has 1 N–H and O–H groups in total. The monoisotopic (exact) mass is 332 g/mol. The summed E-state index contributed by atoms with van der Waals surface area (Å²) in [6, 6.07) is 0. The second-order valence-corrected chi connectivity index (χ2v) is 7.28. The number of alkyl halides is 2. The fourth-order valence-corrected chi connectivity index (χ4v) is 4.19. The first-order valence-electron chi connectivity index (χ1n) is 8.56. The summed E-state index contributed by atoms with van der Waals surface area (Å²) in [5.74, 6) is -7.39. The number of hydrogen-bond acceptors (Lipinski definition) is 3. The average molecular weight is 332 g/mol. The maximum absolute atomic E-state index is 13.8. The molecule has 2 aliphatic rings. The standard InChI is InChI=1S/C17H26F2O4/c1-10(2)14(17(18,19)16(21)22)23-15(20)13-9-5-7-11-6-3-4-8-12(11)13/h10-14H,3-9H2,1-2H3,(H,21,22). The quantitative estimate of drug-likeness (QED) is 0.776. The zero-order valence-electron chi connectivity index (χ0n) is 13.8. The highest BCUT2D eigenvalue weighted by Crippen LogP contribution is 2.44. The van der Waals surface area contributed by atoms with Crippen LogP contribution in [0.25, 0.3) is 0 Å². The van der Waals surface area contributed by atoms with Gasteiger partial charge in [0.15, 0.2) is 6.10 Å². The topological polar surface area (TPSA) is 63.6 Å². The Kier molecular flexibility index (Phi) is 5.63. The van der Waals surface area contributed by atoms with Gasteiger partial charge in [-0.1, -0.05) is 46.0 Å². The molecule has 0 aliphatic heterocycles. The Bertz CT molecular complexity index is 448. The molecule has 0 amide bonds. The SMILES string of the molecule is CC(C)C(OC(=O)C1CCCC2CCCCC21)C(F)(F)C(=O)O. The summed E-state index contributed by atoms with van der Waals surface area (Å²) >= 11 is 0. The first kappa shape index (κ1) is 18.1. The first-order valence-corrected chi connectivity index (χ1v) is 8.56. The summed E-state index contributed by atoms with van der Waals surface area (Å²) in [5.41, 5.74) is 0. The van der Waals surface area contributed by atoms with Crippen molar-refractivity contribution < 1.29 is 28.2 Å². The van der Waals surface area contributed by atoms with E-state index in [0.29, 0.717) is 12.3 Å². The molecule has 0 heterocycles. The van der Waals surface area contributed by atoms with E-state index in [2.05, 4.69) is 0 Å². The molecule has 0 bridgehead atoms. The summed E-state index contributed by atoms with van der Waals surface area (Å²) < 4.78 is 32.7. The lowest BCUT2D eigenvalue weighted by molar-refractivity contribution is -0.203. The van der Waals surface area contributed by atoms with Crippen LogP contribution >= 0.6 is 0 Å². The van der Waals surface area contributed by atoms with Crippen molar-refractivity contribution in [3.8, 4) is 0 Å². The summed E-state index contributed by atoms with van der Waals surface area (Å²) in [5, 5.41) is 8.73. The van der Waals surface area contributed by atoms with Crippen LogP contribution in [0.4, 0.5) is 8.78 Å². The number of hydrogen-bond donors (Lipinski definition) is 1. The van der Waals surface area contributed by atoms with Crippen LogP contribution in [0.3, 0.4) is 0 Å². The van der Waals surface area contributed by atoms with Crippen LogP contribution in [-0.4, -0.2) is 29.1 Å². The van der Waals surface area contributed by atoms with E-state index in [4.69, 9.17) is 9.84 Å². The molecular weight excluding hydrogens is 306 g/mol. The summed E-state index contributed by atoms with van der Waals surface area (Å²) in [6.45, 7) is 2.89. The second-order valence-electron chi connectivity index (χ2n) is 7.28. The zero-order valence-corrected chi connectivity index (χ0v) is 13.8. The van der Waals surface area contributed by atoms with Gasteiger partial charge in [-0.2, -0.15) is 8.78 Å². The highest BCUT2D eigenvalue weighted by Gasteiger charge is 2.52. The van der Waals surface area contributed by atoms with E-state index < -0.39 is 29.9 Å². The largest absolute Gasteiger partial charge is 0.477 e. The molecule has 23 heavy (non-hydrogen) atoms. The first-order chi connectivity index (χ1) is 10.7. The molecule has 2 fully saturated rings. The van der Waals surface area contributed by atoms with Gasteiger partial charge in [0, 0.05) is 0 Å². The van der Waals surface area contributed by atoms with Crippen LogP contribution in [0.2, 0.25) is 0 Å². The van der Waals surface area contributed by atoms with E-state index in [-0.39, 0.29) is 11.8 Å². The molecule has 2 rings (SSSR count). The summed E-state index contributed by atoms with van der Waals surface area (Å²) in [4.78, 5) is 23.3. The van der Waals surface area contributed by atoms with Gasteiger partial charge in [-0.15, -0.1) is 0 Å². The number of ether oxygens (including phenoxy) is 1. The minimum Gasteiger partial charge on any atom is -0.477 e. The van der Waals surface area contributed by atoms with E-state index in [1.165, 1.54) is 13.8 Å². The Morgan fingerprint density at radius 3 is 2.30 bits per heavy atom. The summed E-state index contributed by atoms with van der Waals surface area (Å²) in [7, 11) is 0. The molecule has 4 nitrogen and oxygen atoms in total. The lowest BCUT2D eigenvalue weighted by Gasteiger charge is -2.41. The normalized spacial score (nSPS) is 29.7. The highest BCUT2D eigenvalue weighted by molar-refractivity contribution is 5.78. The highest BCUT2D eigenvalue weighted by atomic mass is 19.3. The molecule has 0 aromatic carbocycles. The molecule has 0 saturated heterocycles. The molecule has 4 unspecified atom stereocenters. The number of carbonyl (C=O) groups excluding carboxylic acids is 1. The predicted octanol–water partition coefficient (Wildman–Crippen LogP) is 3.88. The summed E-state index contributed by atoms with van der Waals surface area (Å²) in [6.07, 6.45) is 4.98. The van der Waals surface area contributed by atoms with Gasteiger partial charge in [0.05, 0.1) is 5.92 Å². The molecule has 0 aromatic heterocycles. The average Bonchev–Trinajstić information content (AvgIpc) is 2.51. The fourth-order valence-electron chi connectivity index (χ4n) is 4.19. The Balaban J connectivity index is 2.10.